The largest absolute Gasteiger partial charge is 0.497 e. The molecule has 0 unspecified atom stereocenters. The summed E-state index contributed by atoms with van der Waals surface area (Å²) in [7, 11) is 2.08. The average molecular weight is 1250 g/mol. The molecule has 10 rings (SSSR count). The van der Waals surface area contributed by atoms with Gasteiger partial charge in [-0.1, -0.05) is 128 Å². The van der Waals surface area contributed by atoms with Gasteiger partial charge in [0, 0.05) is 90.9 Å². The van der Waals surface area contributed by atoms with Gasteiger partial charge in [0.1, 0.15) is 17.3 Å². The summed E-state index contributed by atoms with van der Waals surface area (Å²) < 4.78 is 22.4. The Kier molecular flexibility index (Phi) is 26.1. The van der Waals surface area contributed by atoms with E-state index in [0.29, 0.717) is 52.2 Å². The highest BCUT2D eigenvalue weighted by atomic mass is 28.3. The van der Waals surface area contributed by atoms with Gasteiger partial charge in [-0.2, -0.15) is 4.79 Å². The summed E-state index contributed by atoms with van der Waals surface area (Å²) in [5.74, 6) is 16.2. The number of carbonyl (C=O) groups excluding carboxylic acids is 3. The van der Waals surface area contributed by atoms with E-state index in [1.54, 1.807) is 27.0 Å². The molecule has 0 radical (unpaired) electrons. The number of carboxylic acid groups (broad SMARTS) is 1. The van der Waals surface area contributed by atoms with Crippen LogP contribution in [0.25, 0.3) is 5.53 Å². The van der Waals surface area contributed by atoms with Gasteiger partial charge < -0.3 is 39.4 Å². The van der Waals surface area contributed by atoms with E-state index in [9.17, 15) is 19.2 Å². The van der Waals surface area contributed by atoms with Crippen LogP contribution in [0.2, 0.25) is 19.6 Å². The topological polar surface area (TPSA) is 175 Å². The van der Waals surface area contributed by atoms with Crippen molar-refractivity contribution in [2.45, 2.75) is 114 Å². The van der Waals surface area contributed by atoms with E-state index in [-0.39, 0.29) is 66.6 Å². The molecule has 6 aromatic rings. The number of benzene rings is 6. The Hall–Kier alpha value is -8.44. The molecular formula is C75H88N6O9Si. The lowest BCUT2D eigenvalue weighted by atomic mass is 9.74. The van der Waals surface area contributed by atoms with Crippen LogP contribution in [0.15, 0.2) is 158 Å². The van der Waals surface area contributed by atoms with Crippen LogP contribution in [-0.4, -0.2) is 171 Å². The van der Waals surface area contributed by atoms with Crippen molar-refractivity contribution in [2.75, 3.05) is 79.9 Å². The summed E-state index contributed by atoms with van der Waals surface area (Å²) in [5, 5.41) is 9.05. The van der Waals surface area contributed by atoms with Crippen LogP contribution in [0.3, 0.4) is 0 Å². The number of hydrogen-bond donors (Lipinski definition) is 1. The molecule has 91 heavy (non-hydrogen) atoms. The summed E-state index contributed by atoms with van der Waals surface area (Å²) >= 11 is 0. The zero-order valence-electron chi connectivity index (χ0n) is 53.7. The van der Waals surface area contributed by atoms with Gasteiger partial charge in [-0.3, -0.25) is 29.0 Å². The Bertz CT molecular complexity index is 3260. The van der Waals surface area contributed by atoms with Crippen molar-refractivity contribution < 1.29 is 48.0 Å². The highest BCUT2D eigenvalue weighted by Gasteiger charge is 2.51. The van der Waals surface area contributed by atoms with Crippen LogP contribution < -0.4 is 9.47 Å². The van der Waals surface area contributed by atoms with Crippen molar-refractivity contribution in [1.82, 2.24) is 19.6 Å². The zero-order chi connectivity index (χ0) is 64.5. The molecule has 4 saturated heterocycles. The van der Waals surface area contributed by atoms with Crippen LogP contribution in [0, 0.1) is 23.7 Å². The highest BCUT2D eigenvalue weighted by Crippen LogP contribution is 2.44. The first-order chi connectivity index (χ1) is 44.1. The lowest BCUT2D eigenvalue weighted by molar-refractivity contribution is -0.139. The number of carbonyl (C=O) groups is 4. The lowest BCUT2D eigenvalue weighted by Gasteiger charge is -2.57. The van der Waals surface area contributed by atoms with Crippen LogP contribution in [0.5, 0.6) is 11.5 Å². The molecule has 16 heteroatoms. The fourth-order valence-corrected chi connectivity index (χ4v) is 12.6. The number of ether oxygens (including phenoxy) is 4. The van der Waals surface area contributed by atoms with E-state index >= 15 is 0 Å². The van der Waals surface area contributed by atoms with Gasteiger partial charge in [-0.15, -0.1) is 0 Å². The molecule has 0 aromatic heterocycles. The van der Waals surface area contributed by atoms with E-state index in [4.69, 9.17) is 29.6 Å². The minimum atomic E-state index is -1.20. The summed E-state index contributed by atoms with van der Waals surface area (Å²) in [5.41, 5.74) is 16.3. The first-order valence-corrected chi connectivity index (χ1v) is 35.4. The van der Waals surface area contributed by atoms with E-state index in [2.05, 4.69) is 111 Å². The van der Waals surface area contributed by atoms with Crippen LogP contribution >= 0.6 is 0 Å². The fourth-order valence-electron chi connectivity index (χ4n) is 12.2. The number of amides is 2. The Morgan fingerprint density at radius 3 is 1.25 bits per heavy atom. The quantitative estimate of drug-likeness (QED) is 0.0204. The number of carboxylic acids is 1. The van der Waals surface area contributed by atoms with Crippen LogP contribution in [-0.2, 0) is 41.5 Å². The SMILES string of the molecule is COc1ccc(CC(=O)N2CCCCN3[C@H](COCCC(=O)O)[C@H](c4ccc(C#Cc5ccccc5)cc4)[C@@H]3C2)cc1.COc1ccc(CC(=O)N2CCCCN3[C@H](COCCC(C)=O)[C@H](c4ccc(C#Cc5ccccc5)cc4)[C@@H]3C2)cc1.C[Si](C)(C)C=[N+]=[N-]. The Morgan fingerprint density at radius 2 is 0.912 bits per heavy atom. The molecular weight excluding hydrogens is 1160 g/mol. The second-order valence-electron chi connectivity index (χ2n) is 24.8. The van der Waals surface area contributed by atoms with E-state index < -0.39 is 14.0 Å². The molecule has 6 atom stereocenters. The zero-order valence-corrected chi connectivity index (χ0v) is 54.7. The lowest BCUT2D eigenvalue weighted by Crippen LogP contribution is -2.68. The minimum absolute atomic E-state index is 0.0107. The maximum Gasteiger partial charge on any atom is 0.305 e. The highest BCUT2D eigenvalue weighted by molar-refractivity contribution is 6.98. The van der Waals surface area contributed by atoms with E-state index in [0.717, 1.165) is 96.7 Å². The molecule has 4 aliphatic rings. The molecule has 2 amide bonds. The summed E-state index contributed by atoms with van der Waals surface area (Å²) in [6, 6.07) is 53.0. The first kappa shape index (κ1) is 68.5. The smallest absolute Gasteiger partial charge is 0.305 e. The number of methoxy groups -OCH3 is 2. The van der Waals surface area contributed by atoms with Gasteiger partial charge in [-0.05, 0) is 141 Å². The second-order valence-corrected chi connectivity index (χ2v) is 29.8. The standard InChI is InChI=1S/C36H40N2O4.C35H38N2O5.C4H10N2Si/c1-27(39)20-23-42-26-34-36(31-16-12-29(13-17-31)11-10-28-8-4-3-5-9-28)33-25-37(21-6-7-22-38(33)34)35(40)24-30-14-18-32(41-2)19-15-30;1-41-30-17-13-28(14-18-30)23-33(38)36-20-5-6-21-37-31(24-36)35(32(37)25-42-22-19-34(39)40)29-15-11-27(12-16-29)10-9-26-7-3-2-4-8-26;1-7(2,3)4-6-5/h3-5,8-9,12-19,33-34,36H,6-7,20-26H2,1-2H3;2-4,7-8,11-18,31-32,35H,5-6,19-25H2,1H3,(H,39,40);4H,1-3H3/t33-,34+,36+;31-,32+,35+;/m00./s1. The molecule has 15 nitrogen and oxygen atoms in total. The number of Topliss-reactive ketones (excluding diaryl/α,β-unsaturated/α-hetero) is 1. The van der Waals surface area contributed by atoms with E-state index in [1.165, 1.54) is 11.1 Å². The molecule has 6 aromatic carbocycles. The molecule has 1 N–H and O–H groups in total. The normalized spacial score (nSPS) is 19.5. The molecule has 0 bridgehead atoms. The third-order valence-electron chi connectivity index (χ3n) is 17.0. The number of nitrogens with zero attached hydrogens (tertiary/aromatic N) is 6. The van der Waals surface area contributed by atoms with Crippen molar-refractivity contribution in [3.05, 3.63) is 208 Å². The Balaban J connectivity index is 0.000000212. The first-order valence-electron chi connectivity index (χ1n) is 31.8. The van der Waals surface area contributed by atoms with Crippen LogP contribution in [0.1, 0.15) is 102 Å². The van der Waals surface area contributed by atoms with Crippen molar-refractivity contribution in [2.24, 2.45) is 0 Å². The van der Waals surface area contributed by atoms with Crippen molar-refractivity contribution in [3.8, 4) is 35.2 Å². The summed E-state index contributed by atoms with van der Waals surface area (Å²) in [6.07, 6.45) is 5.12. The number of aliphatic carboxylic acids is 1. The van der Waals surface area contributed by atoms with Gasteiger partial charge in [-0.25, -0.2) is 0 Å². The Morgan fingerprint density at radius 1 is 0.538 bits per heavy atom. The maximum absolute atomic E-state index is 13.5. The molecule has 4 heterocycles. The number of ketones is 1. The van der Waals surface area contributed by atoms with Gasteiger partial charge in [0.05, 0.1) is 59.9 Å². The van der Waals surface area contributed by atoms with Crippen LogP contribution in [0.4, 0.5) is 0 Å². The van der Waals surface area contributed by atoms with Gasteiger partial charge in [0.2, 0.25) is 17.7 Å². The third-order valence-corrected chi connectivity index (χ3v) is 17.9. The molecule has 0 saturated carbocycles. The van der Waals surface area contributed by atoms with Gasteiger partial charge >= 0.3 is 5.97 Å². The van der Waals surface area contributed by atoms with Gasteiger partial charge in [0.15, 0.2) is 8.07 Å². The summed E-state index contributed by atoms with van der Waals surface area (Å²) in [4.78, 5) is 61.5. The Labute approximate surface area is 539 Å². The monoisotopic (exact) mass is 1240 g/mol. The molecule has 476 valence electrons. The number of rotatable bonds is 19. The maximum atomic E-state index is 13.5. The predicted octanol–water partition coefficient (Wildman–Crippen LogP) is 10.8. The van der Waals surface area contributed by atoms with Crippen molar-refractivity contribution in [3.63, 3.8) is 0 Å². The second kappa shape index (κ2) is 34.7. The summed E-state index contributed by atoms with van der Waals surface area (Å²) in [6.45, 7) is 14.4. The number of hydrogen-bond acceptors (Lipinski definition) is 10. The van der Waals surface area contributed by atoms with E-state index in [1.807, 2.05) is 114 Å². The average Bonchev–Trinajstić information content (AvgIpc) is 0.764. The number of fused-ring (bicyclic) bond motifs is 2. The third kappa shape index (κ3) is 20.8. The van der Waals surface area contributed by atoms with Crippen molar-refractivity contribution >= 4 is 37.5 Å². The molecule has 4 aliphatic heterocycles. The predicted molar refractivity (Wildman–Crippen MR) is 359 cm³/mol. The molecule has 0 spiro atoms. The van der Waals surface area contributed by atoms with Crippen molar-refractivity contribution in [1.29, 1.82) is 0 Å². The minimum Gasteiger partial charge on any atom is -0.497 e. The molecule has 0 aliphatic carbocycles. The molecule has 4 fully saturated rings. The fraction of sp³-hybridized carbons (Fsp3) is 0.400. The van der Waals surface area contributed by atoms with Gasteiger partial charge in [0.25, 0.3) is 0 Å².